The van der Waals surface area contributed by atoms with Crippen molar-refractivity contribution in [2.24, 2.45) is 0 Å². The fourth-order valence-electron chi connectivity index (χ4n) is 2.91. The highest BCUT2D eigenvalue weighted by Gasteiger charge is 2.42. The van der Waals surface area contributed by atoms with Gasteiger partial charge in [-0.1, -0.05) is 18.8 Å². The van der Waals surface area contributed by atoms with Gasteiger partial charge in [-0.3, -0.25) is 4.79 Å². The molecule has 1 atom stereocenters. The first kappa shape index (κ1) is 19.4. The molecular formula is C19H20N2O4S2. The number of carboxylic acids is 1. The Morgan fingerprint density at radius 2 is 1.96 bits per heavy atom. The quantitative estimate of drug-likeness (QED) is 0.793. The van der Waals surface area contributed by atoms with Crippen LogP contribution in [0, 0.1) is 11.8 Å². The number of rotatable bonds is 4. The van der Waals surface area contributed by atoms with Gasteiger partial charge in [0.15, 0.2) is 0 Å². The smallest absolute Gasteiger partial charge is 0.322 e. The van der Waals surface area contributed by atoms with Crippen LogP contribution in [0.1, 0.15) is 28.7 Å². The van der Waals surface area contributed by atoms with Gasteiger partial charge in [0.05, 0.1) is 16.3 Å². The molecule has 0 spiro atoms. The Hall–Kier alpha value is -2.34. The minimum atomic E-state index is -3.79. The summed E-state index contributed by atoms with van der Waals surface area (Å²) in [5, 5.41) is 9.27. The van der Waals surface area contributed by atoms with E-state index in [1.165, 1.54) is 11.3 Å². The van der Waals surface area contributed by atoms with E-state index >= 15 is 0 Å². The molecule has 0 radical (unpaired) electrons. The number of benzene rings is 1. The third-order valence-electron chi connectivity index (χ3n) is 4.39. The van der Waals surface area contributed by atoms with Crippen molar-refractivity contribution >= 4 is 33.0 Å². The van der Waals surface area contributed by atoms with Crippen molar-refractivity contribution in [1.29, 1.82) is 0 Å². The molecule has 0 saturated heterocycles. The van der Waals surface area contributed by atoms with E-state index in [4.69, 9.17) is 0 Å². The second kappa shape index (κ2) is 7.35. The third kappa shape index (κ3) is 3.72. The highest BCUT2D eigenvalue weighted by molar-refractivity contribution is 7.89. The average Bonchev–Trinajstić information content (AvgIpc) is 3.12. The molecule has 2 aromatic rings. The monoisotopic (exact) mass is 404 g/mol. The first-order chi connectivity index (χ1) is 12.7. The minimum Gasteiger partial charge on any atom is -0.480 e. The van der Waals surface area contributed by atoms with Crippen LogP contribution in [-0.4, -0.2) is 43.9 Å². The third-order valence-corrected chi connectivity index (χ3v) is 7.47. The maximum Gasteiger partial charge on any atom is 0.322 e. The summed E-state index contributed by atoms with van der Waals surface area (Å²) in [6, 6.07) is 8.28. The van der Waals surface area contributed by atoms with E-state index in [2.05, 4.69) is 11.8 Å². The summed E-state index contributed by atoms with van der Waals surface area (Å²) in [5.74, 6) is 4.93. The molecule has 8 heteroatoms. The fourth-order valence-corrected chi connectivity index (χ4v) is 6.16. The highest BCUT2D eigenvalue weighted by Crippen LogP contribution is 2.38. The van der Waals surface area contributed by atoms with Gasteiger partial charge in [0.1, 0.15) is 6.04 Å². The van der Waals surface area contributed by atoms with Crippen LogP contribution in [-0.2, 0) is 21.4 Å². The number of thiophene rings is 1. The lowest BCUT2D eigenvalue weighted by atomic mass is 10.2. The number of anilines is 1. The lowest BCUT2D eigenvalue weighted by Crippen LogP contribution is -2.40. The minimum absolute atomic E-state index is 0.0896. The zero-order valence-corrected chi connectivity index (χ0v) is 16.9. The maximum absolute atomic E-state index is 12.7. The van der Waals surface area contributed by atoms with Crippen molar-refractivity contribution in [2.45, 2.75) is 30.8 Å². The van der Waals surface area contributed by atoms with Gasteiger partial charge in [-0.05, 0) is 36.8 Å². The van der Waals surface area contributed by atoms with E-state index in [1.54, 1.807) is 13.0 Å². The molecule has 27 heavy (non-hydrogen) atoms. The van der Waals surface area contributed by atoms with Gasteiger partial charge >= 0.3 is 5.97 Å². The second-order valence-electron chi connectivity index (χ2n) is 6.40. The Kier molecular flexibility index (Phi) is 5.29. The SMILES string of the molecule is CCC(C(=O)O)N1Cc2sc(C#Cc3ccc(N(C)C)cc3)cc2S1(=O)=O. The molecule has 0 bridgehead atoms. The van der Waals surface area contributed by atoms with Crippen LogP contribution in [0.25, 0.3) is 0 Å². The normalized spacial score (nSPS) is 16.3. The molecule has 1 aromatic heterocycles. The lowest BCUT2D eigenvalue weighted by Gasteiger charge is -2.21. The largest absolute Gasteiger partial charge is 0.480 e. The highest BCUT2D eigenvalue weighted by atomic mass is 32.2. The van der Waals surface area contributed by atoms with Crippen LogP contribution in [0.3, 0.4) is 0 Å². The number of aliphatic carboxylic acids is 1. The van der Waals surface area contributed by atoms with E-state index in [9.17, 15) is 18.3 Å². The summed E-state index contributed by atoms with van der Waals surface area (Å²) in [7, 11) is 0.136. The van der Waals surface area contributed by atoms with Crippen molar-refractivity contribution in [3.63, 3.8) is 0 Å². The summed E-state index contributed by atoms with van der Waals surface area (Å²) in [5.41, 5.74) is 1.92. The van der Waals surface area contributed by atoms with E-state index < -0.39 is 22.0 Å². The molecule has 0 aliphatic carbocycles. The van der Waals surface area contributed by atoms with Gasteiger partial charge in [0.2, 0.25) is 10.0 Å². The summed E-state index contributed by atoms with van der Waals surface area (Å²) in [6.07, 6.45) is 0.221. The number of carbonyl (C=O) groups is 1. The molecule has 1 unspecified atom stereocenters. The lowest BCUT2D eigenvalue weighted by molar-refractivity contribution is -0.141. The summed E-state index contributed by atoms with van der Waals surface area (Å²) in [6.45, 7) is 1.76. The molecule has 1 aliphatic rings. The van der Waals surface area contributed by atoms with Crippen LogP contribution < -0.4 is 4.90 Å². The predicted octanol–water partition coefficient (Wildman–Crippen LogP) is 2.58. The fraction of sp³-hybridized carbons (Fsp3) is 0.316. The van der Waals surface area contributed by atoms with E-state index in [-0.39, 0.29) is 17.9 Å². The Labute approximate surface area is 163 Å². The Morgan fingerprint density at radius 3 is 2.48 bits per heavy atom. The molecule has 0 amide bonds. The molecular weight excluding hydrogens is 384 g/mol. The van der Waals surface area contributed by atoms with Crippen LogP contribution in [0.15, 0.2) is 35.2 Å². The van der Waals surface area contributed by atoms with Gasteiger partial charge in [-0.2, -0.15) is 4.31 Å². The molecule has 1 aliphatic heterocycles. The molecule has 6 nitrogen and oxygen atoms in total. The Bertz CT molecular complexity index is 1030. The number of carboxylic acid groups (broad SMARTS) is 1. The maximum atomic E-state index is 12.7. The van der Waals surface area contributed by atoms with Crippen molar-refractivity contribution in [1.82, 2.24) is 4.31 Å². The van der Waals surface area contributed by atoms with Crippen LogP contribution >= 0.6 is 11.3 Å². The molecule has 142 valence electrons. The number of sulfonamides is 1. The van der Waals surface area contributed by atoms with Crippen LogP contribution in [0.4, 0.5) is 5.69 Å². The van der Waals surface area contributed by atoms with E-state index in [0.717, 1.165) is 15.6 Å². The number of fused-ring (bicyclic) bond motifs is 1. The number of nitrogens with zero attached hydrogens (tertiary/aromatic N) is 2. The van der Waals surface area contributed by atoms with E-state index in [0.29, 0.717) is 9.75 Å². The predicted molar refractivity (Wildman–Crippen MR) is 106 cm³/mol. The zero-order valence-electron chi connectivity index (χ0n) is 15.3. The zero-order chi connectivity index (χ0) is 19.8. The van der Waals surface area contributed by atoms with Crippen molar-refractivity contribution in [2.75, 3.05) is 19.0 Å². The van der Waals surface area contributed by atoms with Gasteiger partial charge in [0, 0.05) is 30.2 Å². The summed E-state index contributed by atoms with van der Waals surface area (Å²) >= 11 is 1.30. The van der Waals surface area contributed by atoms with Gasteiger partial charge < -0.3 is 10.0 Å². The molecule has 3 rings (SSSR count). The molecule has 0 fully saturated rings. The van der Waals surface area contributed by atoms with Gasteiger partial charge in [-0.25, -0.2) is 8.42 Å². The summed E-state index contributed by atoms with van der Waals surface area (Å²) < 4.78 is 26.5. The molecule has 0 saturated carbocycles. The first-order valence-electron chi connectivity index (χ1n) is 8.40. The second-order valence-corrected chi connectivity index (χ2v) is 9.40. The van der Waals surface area contributed by atoms with Crippen LogP contribution in [0.5, 0.6) is 0 Å². The number of hydrogen-bond donors (Lipinski definition) is 1. The first-order valence-corrected chi connectivity index (χ1v) is 10.7. The average molecular weight is 405 g/mol. The van der Waals surface area contributed by atoms with Crippen molar-refractivity contribution in [3.05, 3.63) is 45.6 Å². The molecule has 1 N–H and O–H groups in total. The van der Waals surface area contributed by atoms with Crippen molar-refractivity contribution in [3.8, 4) is 11.8 Å². The standard InChI is InChI=1S/C19H20N2O4S2/c1-4-16(19(22)23)21-12-17-18(27(21,24)25)11-15(26-17)10-7-13-5-8-14(9-6-13)20(2)3/h5-6,8-9,11,16H,4,12H2,1-3H3,(H,22,23). The Balaban J connectivity index is 1.84. The number of hydrogen-bond acceptors (Lipinski definition) is 5. The Morgan fingerprint density at radius 1 is 1.30 bits per heavy atom. The molecule has 2 heterocycles. The van der Waals surface area contributed by atoms with Crippen molar-refractivity contribution < 1.29 is 18.3 Å². The van der Waals surface area contributed by atoms with Crippen LogP contribution in [0.2, 0.25) is 0 Å². The van der Waals surface area contributed by atoms with Gasteiger partial charge in [0.25, 0.3) is 0 Å². The topological polar surface area (TPSA) is 77.9 Å². The molecule has 1 aromatic carbocycles. The van der Waals surface area contributed by atoms with Gasteiger partial charge in [-0.15, -0.1) is 11.3 Å². The summed E-state index contributed by atoms with van der Waals surface area (Å²) in [4.78, 5) is 14.8. The van der Waals surface area contributed by atoms with E-state index in [1.807, 2.05) is 43.3 Å².